The van der Waals surface area contributed by atoms with Crippen LogP contribution in [0.1, 0.15) is 11.1 Å². The van der Waals surface area contributed by atoms with Crippen molar-refractivity contribution in [1.82, 2.24) is 10.3 Å². The Morgan fingerprint density at radius 3 is 2.84 bits per heavy atom. The fourth-order valence-electron chi connectivity index (χ4n) is 2.10. The molecule has 0 aliphatic heterocycles. The van der Waals surface area contributed by atoms with E-state index in [1.54, 1.807) is 6.20 Å². The van der Waals surface area contributed by atoms with Gasteiger partial charge in [-0.2, -0.15) is 0 Å². The molecule has 0 radical (unpaired) electrons. The summed E-state index contributed by atoms with van der Waals surface area (Å²) in [7, 11) is 1.98. The van der Waals surface area contributed by atoms with Crippen molar-refractivity contribution in [2.24, 2.45) is 0 Å². The number of hydrogen-bond acceptors (Lipinski definition) is 3. The molecule has 0 amide bonds. The van der Waals surface area contributed by atoms with Crippen molar-refractivity contribution in [2.75, 3.05) is 12.8 Å². The number of nitrogens with zero attached hydrogens (tertiary/aromatic N) is 1. The minimum absolute atomic E-state index is 0.348. The van der Waals surface area contributed by atoms with E-state index in [2.05, 4.69) is 44.4 Å². The number of anilines is 1. The number of likely N-dealkylation sites (N-methyl/N-ethyl adjacent to an activating group) is 1. The highest BCUT2D eigenvalue weighted by molar-refractivity contribution is 9.10. The lowest BCUT2D eigenvalue weighted by Gasteiger charge is -2.17. The Morgan fingerprint density at radius 2 is 2.16 bits per heavy atom. The molecule has 1 heterocycles. The molecule has 1 unspecified atom stereocenters. The van der Waals surface area contributed by atoms with Crippen LogP contribution in [0.25, 0.3) is 0 Å². The number of hydrogen-bond donors (Lipinski definition) is 2. The molecular weight excluding hydrogens is 302 g/mol. The van der Waals surface area contributed by atoms with Gasteiger partial charge in [-0.25, -0.2) is 0 Å². The van der Waals surface area contributed by atoms with Gasteiger partial charge in [-0.05, 0) is 49.2 Å². The molecule has 0 fully saturated rings. The monoisotopic (exact) mass is 319 g/mol. The van der Waals surface area contributed by atoms with Crippen molar-refractivity contribution in [2.45, 2.75) is 18.9 Å². The molecule has 0 bridgehead atoms. The summed E-state index contributed by atoms with van der Waals surface area (Å²) in [5.74, 6) is 0. The lowest BCUT2D eigenvalue weighted by Crippen LogP contribution is -2.30. The first kappa shape index (κ1) is 14.0. The minimum atomic E-state index is 0.348. The smallest absolute Gasteiger partial charge is 0.0378 e. The van der Waals surface area contributed by atoms with Crippen LogP contribution >= 0.6 is 15.9 Å². The average molecular weight is 320 g/mol. The van der Waals surface area contributed by atoms with E-state index in [1.807, 2.05) is 25.4 Å². The summed E-state index contributed by atoms with van der Waals surface area (Å²) in [6.07, 6.45) is 5.41. The summed E-state index contributed by atoms with van der Waals surface area (Å²) in [6, 6.07) is 10.6. The standard InChI is InChI=1S/C15H18BrN3/c1-18-14(8-11-3-2-4-13(16)7-11)9-12-10-19-6-5-15(12)17/h2-7,10,14,18H,8-9H2,1H3,(H2,17,19). The van der Waals surface area contributed by atoms with Gasteiger partial charge in [0.2, 0.25) is 0 Å². The number of nitrogen functional groups attached to an aromatic ring is 1. The van der Waals surface area contributed by atoms with Crippen LogP contribution in [0.4, 0.5) is 5.69 Å². The van der Waals surface area contributed by atoms with E-state index < -0.39 is 0 Å². The largest absolute Gasteiger partial charge is 0.398 e. The van der Waals surface area contributed by atoms with Crippen LogP contribution in [0, 0.1) is 0 Å². The Bertz CT molecular complexity index is 542. The molecule has 0 aliphatic carbocycles. The van der Waals surface area contributed by atoms with Gasteiger partial charge in [0.15, 0.2) is 0 Å². The Morgan fingerprint density at radius 1 is 1.32 bits per heavy atom. The molecule has 3 N–H and O–H groups in total. The number of halogens is 1. The first-order valence-electron chi connectivity index (χ1n) is 6.29. The second kappa shape index (κ2) is 6.68. The predicted octanol–water partition coefficient (Wildman–Crippen LogP) is 2.80. The maximum atomic E-state index is 5.97. The molecule has 1 atom stereocenters. The van der Waals surface area contributed by atoms with Crippen molar-refractivity contribution in [1.29, 1.82) is 0 Å². The third-order valence-corrected chi connectivity index (χ3v) is 3.68. The zero-order valence-corrected chi connectivity index (χ0v) is 12.5. The maximum absolute atomic E-state index is 5.97. The quantitative estimate of drug-likeness (QED) is 0.891. The van der Waals surface area contributed by atoms with E-state index >= 15 is 0 Å². The van der Waals surface area contributed by atoms with E-state index in [9.17, 15) is 0 Å². The average Bonchev–Trinajstić information content (AvgIpc) is 2.40. The topological polar surface area (TPSA) is 50.9 Å². The lowest BCUT2D eigenvalue weighted by atomic mass is 9.99. The number of rotatable bonds is 5. The second-order valence-electron chi connectivity index (χ2n) is 4.60. The molecular formula is C15H18BrN3. The van der Waals surface area contributed by atoms with E-state index in [4.69, 9.17) is 5.73 Å². The van der Waals surface area contributed by atoms with Crippen LogP contribution in [0.5, 0.6) is 0 Å². The van der Waals surface area contributed by atoms with E-state index in [0.717, 1.165) is 28.6 Å². The maximum Gasteiger partial charge on any atom is 0.0378 e. The van der Waals surface area contributed by atoms with Crippen LogP contribution in [0.15, 0.2) is 47.2 Å². The van der Waals surface area contributed by atoms with Gasteiger partial charge in [-0.1, -0.05) is 28.1 Å². The zero-order chi connectivity index (χ0) is 13.7. The number of pyridine rings is 1. The molecule has 0 saturated heterocycles. The number of aromatic nitrogens is 1. The van der Waals surface area contributed by atoms with Crippen molar-refractivity contribution < 1.29 is 0 Å². The highest BCUT2D eigenvalue weighted by Crippen LogP contribution is 2.16. The van der Waals surface area contributed by atoms with Gasteiger partial charge in [0.25, 0.3) is 0 Å². The van der Waals surface area contributed by atoms with Crippen LogP contribution < -0.4 is 11.1 Å². The third-order valence-electron chi connectivity index (χ3n) is 3.19. The van der Waals surface area contributed by atoms with Crippen molar-refractivity contribution in [3.63, 3.8) is 0 Å². The molecule has 0 spiro atoms. The molecule has 2 rings (SSSR count). The molecule has 0 saturated carbocycles. The summed E-state index contributed by atoms with van der Waals surface area (Å²) in [6.45, 7) is 0. The highest BCUT2D eigenvalue weighted by Gasteiger charge is 2.10. The molecule has 4 heteroatoms. The molecule has 0 aliphatic rings. The Hall–Kier alpha value is -1.39. The van der Waals surface area contributed by atoms with Gasteiger partial charge in [0.05, 0.1) is 0 Å². The first-order chi connectivity index (χ1) is 9.19. The van der Waals surface area contributed by atoms with Crippen LogP contribution in [0.2, 0.25) is 0 Å². The molecule has 1 aromatic heterocycles. The Balaban J connectivity index is 2.07. The van der Waals surface area contributed by atoms with Crippen LogP contribution in [-0.4, -0.2) is 18.1 Å². The van der Waals surface area contributed by atoms with E-state index in [-0.39, 0.29) is 0 Å². The highest BCUT2D eigenvalue weighted by atomic mass is 79.9. The summed E-state index contributed by atoms with van der Waals surface area (Å²) < 4.78 is 1.11. The van der Waals surface area contributed by atoms with Gasteiger partial charge in [-0.3, -0.25) is 4.98 Å². The SMILES string of the molecule is CNC(Cc1cccc(Br)c1)Cc1cnccc1N. The van der Waals surface area contributed by atoms with Crippen LogP contribution in [-0.2, 0) is 12.8 Å². The van der Waals surface area contributed by atoms with Gasteiger partial charge in [-0.15, -0.1) is 0 Å². The van der Waals surface area contributed by atoms with Crippen molar-refractivity contribution in [3.8, 4) is 0 Å². The summed E-state index contributed by atoms with van der Waals surface area (Å²) >= 11 is 3.50. The van der Waals surface area contributed by atoms with Gasteiger partial charge < -0.3 is 11.1 Å². The summed E-state index contributed by atoms with van der Waals surface area (Å²) in [4.78, 5) is 4.14. The predicted molar refractivity (Wildman–Crippen MR) is 83.0 cm³/mol. The van der Waals surface area contributed by atoms with Crippen molar-refractivity contribution in [3.05, 3.63) is 58.3 Å². The molecule has 3 nitrogen and oxygen atoms in total. The fraction of sp³-hybridized carbons (Fsp3) is 0.267. The normalized spacial score (nSPS) is 12.3. The molecule has 19 heavy (non-hydrogen) atoms. The lowest BCUT2D eigenvalue weighted by molar-refractivity contribution is 0.556. The number of nitrogens with two attached hydrogens (primary N) is 1. The van der Waals surface area contributed by atoms with Crippen LogP contribution in [0.3, 0.4) is 0 Å². The van der Waals surface area contributed by atoms with Gasteiger partial charge >= 0.3 is 0 Å². The molecule has 2 aromatic rings. The van der Waals surface area contributed by atoms with Crippen molar-refractivity contribution >= 4 is 21.6 Å². The molecule has 1 aromatic carbocycles. The van der Waals surface area contributed by atoms with E-state index in [1.165, 1.54) is 5.56 Å². The van der Waals surface area contributed by atoms with Gasteiger partial charge in [0.1, 0.15) is 0 Å². The Labute approximate surface area is 122 Å². The third kappa shape index (κ3) is 4.04. The van der Waals surface area contributed by atoms with E-state index in [0.29, 0.717) is 6.04 Å². The number of nitrogens with one attached hydrogen (secondary N) is 1. The Kier molecular flexibility index (Phi) is 4.93. The van der Waals surface area contributed by atoms with Gasteiger partial charge in [0, 0.05) is 28.6 Å². The zero-order valence-electron chi connectivity index (χ0n) is 10.9. The fourth-order valence-corrected chi connectivity index (χ4v) is 2.55. The number of benzene rings is 1. The summed E-state index contributed by atoms with van der Waals surface area (Å²) in [5, 5.41) is 3.35. The summed E-state index contributed by atoms with van der Waals surface area (Å²) in [5.41, 5.74) is 9.17. The first-order valence-corrected chi connectivity index (χ1v) is 7.08. The minimum Gasteiger partial charge on any atom is -0.398 e. The second-order valence-corrected chi connectivity index (χ2v) is 5.51. The molecule has 100 valence electrons.